The molecular weight excluding hydrogens is 236 g/mol. The molecule has 1 aromatic rings. The van der Waals surface area contributed by atoms with Crippen LogP contribution in [-0.2, 0) is 0 Å². The second-order valence-electron chi connectivity index (χ2n) is 5.74. The highest BCUT2D eigenvalue weighted by molar-refractivity contribution is 5.59. The Morgan fingerprint density at radius 3 is 2.21 bits per heavy atom. The highest BCUT2D eigenvalue weighted by atomic mass is 15.1. The molecule has 0 fully saturated rings. The van der Waals surface area contributed by atoms with Gasteiger partial charge in [0.2, 0.25) is 0 Å². The molecule has 0 saturated heterocycles. The molecule has 0 aliphatic carbocycles. The molecule has 4 heteroatoms. The zero-order chi connectivity index (χ0) is 14.4. The van der Waals surface area contributed by atoms with Gasteiger partial charge in [-0.1, -0.05) is 34.6 Å². The third-order valence-electron chi connectivity index (χ3n) is 3.37. The van der Waals surface area contributed by atoms with Gasteiger partial charge < -0.3 is 10.6 Å². The van der Waals surface area contributed by atoms with E-state index < -0.39 is 0 Å². The topological polar surface area (TPSA) is 49.8 Å². The van der Waals surface area contributed by atoms with Crippen LogP contribution < -0.4 is 10.6 Å². The normalized spacial score (nSPS) is 12.8. The lowest BCUT2D eigenvalue weighted by molar-refractivity contribution is 0.557. The molecule has 0 spiro atoms. The van der Waals surface area contributed by atoms with Crippen LogP contribution in [0.25, 0.3) is 0 Å². The monoisotopic (exact) mass is 264 g/mol. The Balaban J connectivity index is 3.02. The van der Waals surface area contributed by atoms with E-state index >= 15 is 0 Å². The molecule has 1 rings (SSSR count). The molecule has 0 bridgehead atoms. The second kappa shape index (κ2) is 7.31. The SMILES string of the molecule is CCCNc1ncnc(NC(C)C(C)C)c1C(C)C. The lowest BCUT2D eigenvalue weighted by Gasteiger charge is -2.22. The summed E-state index contributed by atoms with van der Waals surface area (Å²) in [4.78, 5) is 8.82. The number of rotatable bonds is 7. The molecule has 0 saturated carbocycles. The Bertz CT molecular complexity index is 388. The highest BCUT2D eigenvalue weighted by Crippen LogP contribution is 2.29. The average molecular weight is 264 g/mol. The van der Waals surface area contributed by atoms with Crippen molar-refractivity contribution < 1.29 is 0 Å². The van der Waals surface area contributed by atoms with Crippen molar-refractivity contribution in [2.75, 3.05) is 17.2 Å². The van der Waals surface area contributed by atoms with Gasteiger partial charge >= 0.3 is 0 Å². The lowest BCUT2D eigenvalue weighted by Crippen LogP contribution is -2.24. The molecule has 0 amide bonds. The van der Waals surface area contributed by atoms with Crippen LogP contribution in [0.1, 0.15) is 59.4 Å². The van der Waals surface area contributed by atoms with Crippen molar-refractivity contribution in [2.45, 2.75) is 59.9 Å². The van der Waals surface area contributed by atoms with Crippen LogP contribution in [0.5, 0.6) is 0 Å². The molecule has 0 aromatic carbocycles. The summed E-state index contributed by atoms with van der Waals surface area (Å²) in [6.45, 7) is 14.1. The van der Waals surface area contributed by atoms with E-state index in [0.717, 1.165) is 24.6 Å². The van der Waals surface area contributed by atoms with Gasteiger partial charge in [0.15, 0.2) is 0 Å². The molecule has 2 N–H and O–H groups in total. The van der Waals surface area contributed by atoms with Gasteiger partial charge in [0.25, 0.3) is 0 Å². The van der Waals surface area contributed by atoms with Crippen LogP contribution in [-0.4, -0.2) is 22.6 Å². The summed E-state index contributed by atoms with van der Waals surface area (Å²) in [5.41, 5.74) is 1.18. The predicted molar refractivity (Wildman–Crippen MR) is 82.8 cm³/mol. The number of nitrogens with zero attached hydrogens (tertiary/aromatic N) is 2. The van der Waals surface area contributed by atoms with Gasteiger partial charge in [-0.25, -0.2) is 9.97 Å². The van der Waals surface area contributed by atoms with Crippen molar-refractivity contribution in [1.29, 1.82) is 0 Å². The Morgan fingerprint density at radius 1 is 1.05 bits per heavy atom. The first-order valence-corrected chi connectivity index (χ1v) is 7.32. The number of aromatic nitrogens is 2. The van der Waals surface area contributed by atoms with Crippen molar-refractivity contribution in [3.05, 3.63) is 11.9 Å². The first kappa shape index (κ1) is 15.7. The number of nitrogens with one attached hydrogen (secondary N) is 2. The summed E-state index contributed by atoms with van der Waals surface area (Å²) in [5, 5.41) is 6.91. The van der Waals surface area contributed by atoms with Crippen LogP contribution >= 0.6 is 0 Å². The van der Waals surface area contributed by atoms with Gasteiger partial charge in [-0.05, 0) is 25.2 Å². The molecular formula is C15H28N4. The van der Waals surface area contributed by atoms with Gasteiger partial charge in [0, 0.05) is 18.2 Å². The van der Waals surface area contributed by atoms with Gasteiger partial charge in [0.1, 0.15) is 18.0 Å². The zero-order valence-corrected chi connectivity index (χ0v) is 13.1. The summed E-state index contributed by atoms with van der Waals surface area (Å²) in [5.74, 6) is 2.89. The minimum absolute atomic E-state index is 0.391. The van der Waals surface area contributed by atoms with Crippen LogP contribution in [0.15, 0.2) is 6.33 Å². The molecule has 0 aliphatic heterocycles. The molecule has 1 unspecified atom stereocenters. The summed E-state index contributed by atoms with van der Waals surface area (Å²) >= 11 is 0. The van der Waals surface area contributed by atoms with E-state index in [2.05, 4.69) is 62.1 Å². The van der Waals surface area contributed by atoms with Crippen molar-refractivity contribution in [2.24, 2.45) is 5.92 Å². The molecule has 0 aliphatic rings. The molecule has 19 heavy (non-hydrogen) atoms. The van der Waals surface area contributed by atoms with Crippen molar-refractivity contribution in [3.63, 3.8) is 0 Å². The summed E-state index contributed by atoms with van der Waals surface area (Å²) < 4.78 is 0. The molecule has 4 nitrogen and oxygen atoms in total. The smallest absolute Gasteiger partial charge is 0.135 e. The third kappa shape index (κ3) is 4.37. The summed E-state index contributed by atoms with van der Waals surface area (Å²) in [7, 11) is 0. The van der Waals surface area contributed by atoms with Crippen molar-refractivity contribution >= 4 is 11.6 Å². The number of hydrogen-bond donors (Lipinski definition) is 2. The van der Waals surface area contributed by atoms with E-state index in [-0.39, 0.29) is 0 Å². The third-order valence-corrected chi connectivity index (χ3v) is 3.37. The van der Waals surface area contributed by atoms with E-state index in [4.69, 9.17) is 0 Å². The molecule has 1 heterocycles. The Hall–Kier alpha value is -1.32. The Morgan fingerprint density at radius 2 is 1.68 bits per heavy atom. The number of hydrogen-bond acceptors (Lipinski definition) is 4. The fraction of sp³-hybridized carbons (Fsp3) is 0.733. The fourth-order valence-electron chi connectivity index (χ4n) is 1.82. The van der Waals surface area contributed by atoms with Gasteiger partial charge in [-0.3, -0.25) is 0 Å². The van der Waals surface area contributed by atoms with E-state index in [1.807, 2.05) is 0 Å². The molecule has 1 aromatic heterocycles. The van der Waals surface area contributed by atoms with Crippen LogP contribution in [0.4, 0.5) is 11.6 Å². The molecule has 0 radical (unpaired) electrons. The maximum Gasteiger partial charge on any atom is 0.135 e. The largest absolute Gasteiger partial charge is 0.370 e. The van der Waals surface area contributed by atoms with Gasteiger partial charge in [-0.15, -0.1) is 0 Å². The molecule has 108 valence electrons. The minimum atomic E-state index is 0.391. The average Bonchev–Trinajstić information content (AvgIpc) is 2.35. The predicted octanol–water partition coefficient (Wildman–Crippen LogP) is 3.88. The highest BCUT2D eigenvalue weighted by Gasteiger charge is 2.17. The van der Waals surface area contributed by atoms with Crippen LogP contribution in [0, 0.1) is 5.92 Å². The van der Waals surface area contributed by atoms with Gasteiger partial charge in [0.05, 0.1) is 0 Å². The van der Waals surface area contributed by atoms with Crippen molar-refractivity contribution in [3.8, 4) is 0 Å². The first-order chi connectivity index (χ1) is 8.97. The first-order valence-electron chi connectivity index (χ1n) is 7.32. The van der Waals surface area contributed by atoms with E-state index in [1.54, 1.807) is 6.33 Å². The van der Waals surface area contributed by atoms with Crippen LogP contribution in [0.2, 0.25) is 0 Å². The maximum atomic E-state index is 4.43. The zero-order valence-electron chi connectivity index (χ0n) is 13.1. The van der Waals surface area contributed by atoms with E-state index in [1.165, 1.54) is 5.56 Å². The van der Waals surface area contributed by atoms with Gasteiger partial charge in [-0.2, -0.15) is 0 Å². The lowest BCUT2D eigenvalue weighted by atomic mass is 10.0. The second-order valence-corrected chi connectivity index (χ2v) is 5.74. The standard InChI is InChI=1S/C15H28N4/c1-7-8-16-14-13(11(4)5)15(18-9-17-14)19-12(6)10(2)3/h9-12H,7-8H2,1-6H3,(H2,16,17,18,19). The number of anilines is 2. The van der Waals surface area contributed by atoms with Crippen LogP contribution in [0.3, 0.4) is 0 Å². The quantitative estimate of drug-likeness (QED) is 0.784. The maximum absolute atomic E-state index is 4.43. The van der Waals surface area contributed by atoms with E-state index in [9.17, 15) is 0 Å². The minimum Gasteiger partial charge on any atom is -0.370 e. The van der Waals surface area contributed by atoms with Crippen molar-refractivity contribution in [1.82, 2.24) is 9.97 Å². The Kier molecular flexibility index (Phi) is 6.06. The van der Waals surface area contributed by atoms with E-state index in [0.29, 0.717) is 17.9 Å². The Labute approximate surface area is 117 Å². The summed E-state index contributed by atoms with van der Waals surface area (Å²) in [6, 6.07) is 0.395. The fourth-order valence-corrected chi connectivity index (χ4v) is 1.82. The molecule has 1 atom stereocenters. The summed E-state index contributed by atoms with van der Waals surface area (Å²) in [6.07, 6.45) is 2.73.